The highest BCUT2D eigenvalue weighted by molar-refractivity contribution is 6.05. The van der Waals surface area contributed by atoms with Crippen LogP contribution in [0, 0.1) is 5.92 Å². The maximum atomic E-state index is 12.8. The van der Waals surface area contributed by atoms with Crippen molar-refractivity contribution >= 4 is 17.7 Å². The first-order valence-electron chi connectivity index (χ1n) is 10.3. The minimum absolute atomic E-state index is 0.111. The van der Waals surface area contributed by atoms with E-state index in [0.29, 0.717) is 18.5 Å². The molecule has 3 amide bonds. The third-order valence-electron chi connectivity index (χ3n) is 6.00. The standard InChI is InChI=1S/C21H28N4O3/c26-19-7-6-18(20(27)24-19)25-13-16-5-4-14(9-17(16)21(25)28)10-22-8-2-1-3-15-11-23-12-15/h4-5,9,15,18,22-23H,1-3,6-8,10-13H2,(H,24,26,27). The summed E-state index contributed by atoms with van der Waals surface area (Å²) in [6.07, 6.45) is 4.41. The second-order valence-electron chi connectivity index (χ2n) is 8.09. The normalized spacial score (nSPS) is 22.2. The molecule has 28 heavy (non-hydrogen) atoms. The number of hydrogen-bond donors (Lipinski definition) is 3. The highest BCUT2D eigenvalue weighted by Gasteiger charge is 2.39. The Labute approximate surface area is 165 Å². The highest BCUT2D eigenvalue weighted by atomic mass is 16.2. The lowest BCUT2D eigenvalue weighted by molar-refractivity contribution is -0.136. The Morgan fingerprint density at radius 1 is 1.14 bits per heavy atom. The van der Waals surface area contributed by atoms with Crippen molar-refractivity contribution in [2.45, 2.75) is 51.2 Å². The van der Waals surface area contributed by atoms with Crippen molar-refractivity contribution in [1.82, 2.24) is 20.9 Å². The molecule has 0 radical (unpaired) electrons. The Morgan fingerprint density at radius 2 is 2.00 bits per heavy atom. The van der Waals surface area contributed by atoms with Crippen LogP contribution < -0.4 is 16.0 Å². The molecule has 1 aromatic carbocycles. The minimum Gasteiger partial charge on any atom is -0.322 e. The third-order valence-corrected chi connectivity index (χ3v) is 6.00. The van der Waals surface area contributed by atoms with Crippen LogP contribution in [0.15, 0.2) is 18.2 Å². The van der Waals surface area contributed by atoms with Gasteiger partial charge in [0.25, 0.3) is 5.91 Å². The fraction of sp³-hybridized carbons (Fsp3) is 0.571. The predicted molar refractivity (Wildman–Crippen MR) is 104 cm³/mol. The number of unbranched alkanes of at least 4 members (excludes halogenated alkanes) is 1. The molecule has 2 saturated heterocycles. The molecule has 1 atom stereocenters. The quantitative estimate of drug-likeness (QED) is 0.458. The monoisotopic (exact) mass is 384 g/mol. The van der Waals surface area contributed by atoms with Gasteiger partial charge in [0.2, 0.25) is 11.8 Å². The first-order valence-corrected chi connectivity index (χ1v) is 10.3. The molecule has 0 aliphatic carbocycles. The molecule has 0 aromatic heterocycles. The molecule has 3 heterocycles. The van der Waals surface area contributed by atoms with Crippen LogP contribution in [0.3, 0.4) is 0 Å². The number of nitrogens with one attached hydrogen (secondary N) is 3. The summed E-state index contributed by atoms with van der Waals surface area (Å²) in [6, 6.07) is 5.42. The zero-order valence-electron chi connectivity index (χ0n) is 16.1. The van der Waals surface area contributed by atoms with E-state index >= 15 is 0 Å². The van der Waals surface area contributed by atoms with E-state index in [4.69, 9.17) is 0 Å². The van der Waals surface area contributed by atoms with E-state index in [1.54, 1.807) is 4.90 Å². The maximum absolute atomic E-state index is 12.8. The van der Waals surface area contributed by atoms with Crippen molar-refractivity contribution < 1.29 is 14.4 Å². The lowest BCUT2D eigenvalue weighted by atomic mass is 9.96. The molecule has 150 valence electrons. The Kier molecular flexibility index (Phi) is 5.73. The summed E-state index contributed by atoms with van der Waals surface area (Å²) < 4.78 is 0. The lowest BCUT2D eigenvalue weighted by Crippen LogP contribution is -2.52. The molecule has 4 rings (SSSR count). The molecule has 2 fully saturated rings. The van der Waals surface area contributed by atoms with Crippen LogP contribution in [0.2, 0.25) is 0 Å². The number of hydrogen-bond acceptors (Lipinski definition) is 5. The number of imide groups is 1. The topological polar surface area (TPSA) is 90.5 Å². The van der Waals surface area contributed by atoms with Crippen molar-refractivity contribution in [3.8, 4) is 0 Å². The molecule has 0 saturated carbocycles. The number of piperidine rings is 1. The van der Waals surface area contributed by atoms with Gasteiger partial charge < -0.3 is 15.5 Å². The maximum Gasteiger partial charge on any atom is 0.255 e. The summed E-state index contributed by atoms with van der Waals surface area (Å²) in [4.78, 5) is 37.9. The summed E-state index contributed by atoms with van der Waals surface area (Å²) in [6.45, 7) is 4.50. The molecule has 3 aliphatic rings. The highest BCUT2D eigenvalue weighted by Crippen LogP contribution is 2.28. The van der Waals surface area contributed by atoms with E-state index < -0.39 is 6.04 Å². The molecule has 7 nitrogen and oxygen atoms in total. The zero-order valence-corrected chi connectivity index (χ0v) is 16.1. The van der Waals surface area contributed by atoms with E-state index in [1.165, 1.54) is 32.4 Å². The summed E-state index contributed by atoms with van der Waals surface area (Å²) in [5.74, 6) is 0.135. The van der Waals surface area contributed by atoms with Gasteiger partial charge in [-0.15, -0.1) is 0 Å². The lowest BCUT2D eigenvalue weighted by Gasteiger charge is -2.29. The van der Waals surface area contributed by atoms with Crippen LogP contribution >= 0.6 is 0 Å². The van der Waals surface area contributed by atoms with Crippen LogP contribution in [0.4, 0.5) is 0 Å². The van der Waals surface area contributed by atoms with E-state index in [9.17, 15) is 14.4 Å². The van der Waals surface area contributed by atoms with Gasteiger partial charge >= 0.3 is 0 Å². The largest absolute Gasteiger partial charge is 0.322 e. The van der Waals surface area contributed by atoms with Crippen molar-refractivity contribution in [2.75, 3.05) is 19.6 Å². The number of carbonyl (C=O) groups is 3. The van der Waals surface area contributed by atoms with Gasteiger partial charge in [0.1, 0.15) is 6.04 Å². The molecule has 3 N–H and O–H groups in total. The first kappa shape index (κ1) is 19.1. The van der Waals surface area contributed by atoms with E-state index in [0.717, 1.165) is 30.1 Å². The summed E-state index contributed by atoms with van der Waals surface area (Å²) in [5.41, 5.74) is 2.72. The van der Waals surface area contributed by atoms with Gasteiger partial charge in [-0.1, -0.05) is 18.6 Å². The number of rotatable bonds is 8. The van der Waals surface area contributed by atoms with Crippen molar-refractivity contribution in [2.24, 2.45) is 5.92 Å². The van der Waals surface area contributed by atoms with Crippen LogP contribution in [0.1, 0.15) is 53.6 Å². The van der Waals surface area contributed by atoms with Gasteiger partial charge in [-0.2, -0.15) is 0 Å². The Bertz CT molecular complexity index is 775. The van der Waals surface area contributed by atoms with E-state index in [1.807, 2.05) is 18.2 Å². The fourth-order valence-electron chi connectivity index (χ4n) is 4.18. The molecular formula is C21H28N4O3. The Morgan fingerprint density at radius 3 is 2.75 bits per heavy atom. The third kappa shape index (κ3) is 4.10. The summed E-state index contributed by atoms with van der Waals surface area (Å²) in [5, 5.41) is 9.10. The van der Waals surface area contributed by atoms with Gasteiger partial charge in [-0.25, -0.2) is 0 Å². The smallest absolute Gasteiger partial charge is 0.255 e. The molecule has 1 unspecified atom stereocenters. The van der Waals surface area contributed by atoms with Crippen molar-refractivity contribution in [1.29, 1.82) is 0 Å². The Balaban J connectivity index is 1.27. The second kappa shape index (κ2) is 8.41. The van der Waals surface area contributed by atoms with Crippen LogP contribution in [-0.4, -0.2) is 48.3 Å². The van der Waals surface area contributed by atoms with Crippen LogP contribution in [0.5, 0.6) is 0 Å². The molecular weight excluding hydrogens is 356 g/mol. The SMILES string of the molecule is O=C1CCC(N2Cc3ccc(CNCCCCC4CNC4)cc3C2=O)C(=O)N1. The second-order valence-corrected chi connectivity index (χ2v) is 8.09. The van der Waals surface area contributed by atoms with E-state index in [-0.39, 0.29) is 24.1 Å². The van der Waals surface area contributed by atoms with E-state index in [2.05, 4.69) is 16.0 Å². The van der Waals surface area contributed by atoms with Gasteiger partial charge in [0, 0.05) is 25.1 Å². The average molecular weight is 384 g/mol. The molecule has 7 heteroatoms. The number of amides is 3. The zero-order chi connectivity index (χ0) is 19.5. The molecule has 3 aliphatic heterocycles. The number of nitrogens with zero attached hydrogens (tertiary/aromatic N) is 1. The summed E-state index contributed by atoms with van der Waals surface area (Å²) in [7, 11) is 0. The Hall–Kier alpha value is -2.25. The average Bonchev–Trinajstić information content (AvgIpc) is 2.96. The number of fused-ring (bicyclic) bond motifs is 1. The molecule has 0 bridgehead atoms. The summed E-state index contributed by atoms with van der Waals surface area (Å²) >= 11 is 0. The molecule has 0 spiro atoms. The van der Waals surface area contributed by atoms with Crippen molar-refractivity contribution in [3.63, 3.8) is 0 Å². The van der Waals surface area contributed by atoms with Gasteiger partial charge in [-0.05, 0) is 62.0 Å². The van der Waals surface area contributed by atoms with Gasteiger partial charge in [-0.3, -0.25) is 19.7 Å². The van der Waals surface area contributed by atoms with Crippen LogP contribution in [-0.2, 0) is 22.7 Å². The molecule has 1 aromatic rings. The van der Waals surface area contributed by atoms with Crippen molar-refractivity contribution in [3.05, 3.63) is 34.9 Å². The predicted octanol–water partition coefficient (Wildman–Crippen LogP) is 0.927. The number of carbonyl (C=O) groups excluding carboxylic acids is 3. The minimum atomic E-state index is -0.551. The van der Waals surface area contributed by atoms with Crippen LogP contribution in [0.25, 0.3) is 0 Å². The van der Waals surface area contributed by atoms with Gasteiger partial charge in [0.05, 0.1) is 0 Å². The number of benzene rings is 1. The van der Waals surface area contributed by atoms with Gasteiger partial charge in [0.15, 0.2) is 0 Å². The fourth-order valence-corrected chi connectivity index (χ4v) is 4.18. The first-order chi connectivity index (χ1) is 13.6.